The SMILES string of the molecule is Cc1cccc(C)c1-n1c(C)cc([C@H]2[C@H](c3ccccn3)NC(=S)N2c2ccc(C(C)C)cc2)c1C. The van der Waals surface area contributed by atoms with Gasteiger partial charge in [0.1, 0.15) is 0 Å². The van der Waals surface area contributed by atoms with Gasteiger partial charge in [0, 0.05) is 23.3 Å². The fourth-order valence-electron chi connectivity index (χ4n) is 5.56. The van der Waals surface area contributed by atoms with Gasteiger partial charge in [-0.05, 0) is 98.4 Å². The van der Waals surface area contributed by atoms with Crippen molar-refractivity contribution in [1.82, 2.24) is 14.9 Å². The lowest BCUT2D eigenvalue weighted by Crippen LogP contribution is -2.29. The molecule has 5 rings (SSSR count). The van der Waals surface area contributed by atoms with Gasteiger partial charge in [-0.3, -0.25) is 4.98 Å². The van der Waals surface area contributed by atoms with Crippen LogP contribution in [0, 0.1) is 27.7 Å². The summed E-state index contributed by atoms with van der Waals surface area (Å²) < 4.78 is 2.40. The first-order chi connectivity index (χ1) is 17.3. The van der Waals surface area contributed by atoms with Crippen LogP contribution in [0.5, 0.6) is 0 Å². The van der Waals surface area contributed by atoms with Crippen LogP contribution in [0.4, 0.5) is 5.69 Å². The Labute approximate surface area is 220 Å². The zero-order valence-electron chi connectivity index (χ0n) is 21.9. The van der Waals surface area contributed by atoms with Crippen LogP contribution in [0.15, 0.2) is 72.9 Å². The first kappa shape index (κ1) is 24.3. The van der Waals surface area contributed by atoms with Gasteiger partial charge in [-0.2, -0.15) is 0 Å². The van der Waals surface area contributed by atoms with Crippen molar-refractivity contribution in [3.05, 3.63) is 112 Å². The van der Waals surface area contributed by atoms with E-state index in [1.54, 1.807) is 0 Å². The Morgan fingerprint density at radius 2 is 1.58 bits per heavy atom. The summed E-state index contributed by atoms with van der Waals surface area (Å²) in [6.45, 7) is 13.2. The van der Waals surface area contributed by atoms with E-state index in [4.69, 9.17) is 17.2 Å². The molecule has 0 radical (unpaired) electrons. The number of nitrogens with zero attached hydrogens (tertiary/aromatic N) is 3. The van der Waals surface area contributed by atoms with Gasteiger partial charge in [0.15, 0.2) is 5.11 Å². The van der Waals surface area contributed by atoms with Gasteiger partial charge in [0.25, 0.3) is 0 Å². The molecule has 5 heteroatoms. The van der Waals surface area contributed by atoms with Gasteiger partial charge in [0.2, 0.25) is 0 Å². The third-order valence-electron chi connectivity index (χ3n) is 7.39. The standard InChI is InChI=1S/C31H34N4S/c1-19(2)24-13-15-25(16-14-24)35-30(28(33-31(35)36)27-12-7-8-17-32-27)26-18-22(5)34(23(26)6)29-20(3)10-9-11-21(29)4/h7-19,28,30H,1-6H3,(H,33,36)/t28-,30-/m0/s1. The Balaban J connectivity index is 1.68. The van der Waals surface area contributed by atoms with Crippen LogP contribution in [-0.2, 0) is 0 Å². The Hall–Kier alpha value is -3.44. The predicted molar refractivity (Wildman–Crippen MR) is 153 cm³/mol. The number of hydrogen-bond donors (Lipinski definition) is 1. The summed E-state index contributed by atoms with van der Waals surface area (Å²) in [4.78, 5) is 7.00. The van der Waals surface area contributed by atoms with Crippen molar-refractivity contribution in [3.63, 3.8) is 0 Å². The molecule has 4 aromatic rings. The van der Waals surface area contributed by atoms with E-state index in [2.05, 4.69) is 111 Å². The minimum Gasteiger partial charge on any atom is -0.351 e. The number of thiocarbonyl (C=S) groups is 1. The largest absolute Gasteiger partial charge is 0.351 e. The molecule has 36 heavy (non-hydrogen) atoms. The quantitative estimate of drug-likeness (QED) is 0.293. The van der Waals surface area contributed by atoms with Gasteiger partial charge in [-0.15, -0.1) is 0 Å². The molecular formula is C31H34N4S. The molecule has 1 N–H and O–H groups in total. The molecule has 0 spiro atoms. The van der Waals surface area contributed by atoms with Crippen molar-refractivity contribution in [2.75, 3.05) is 4.90 Å². The first-order valence-corrected chi connectivity index (χ1v) is 13.0. The molecule has 1 aliphatic rings. The average Bonchev–Trinajstić information content (AvgIpc) is 3.35. The third-order valence-corrected chi connectivity index (χ3v) is 7.70. The molecule has 0 aliphatic carbocycles. The van der Waals surface area contributed by atoms with Crippen LogP contribution < -0.4 is 10.2 Å². The molecule has 0 amide bonds. The zero-order valence-corrected chi connectivity index (χ0v) is 22.7. The van der Waals surface area contributed by atoms with E-state index in [0.29, 0.717) is 5.92 Å². The Kier molecular flexibility index (Phi) is 6.44. The van der Waals surface area contributed by atoms with E-state index in [9.17, 15) is 0 Å². The molecule has 0 bridgehead atoms. The molecule has 1 fully saturated rings. The van der Waals surface area contributed by atoms with Gasteiger partial charge in [-0.1, -0.05) is 50.2 Å². The van der Waals surface area contributed by atoms with E-state index in [1.165, 1.54) is 39.3 Å². The predicted octanol–water partition coefficient (Wildman–Crippen LogP) is 7.41. The summed E-state index contributed by atoms with van der Waals surface area (Å²) >= 11 is 5.96. The molecule has 1 aliphatic heterocycles. The topological polar surface area (TPSA) is 33.1 Å². The number of hydrogen-bond acceptors (Lipinski definition) is 2. The molecule has 184 valence electrons. The van der Waals surface area contributed by atoms with E-state index in [-0.39, 0.29) is 12.1 Å². The second kappa shape index (κ2) is 9.55. The smallest absolute Gasteiger partial charge is 0.174 e. The van der Waals surface area contributed by atoms with Gasteiger partial charge in [-0.25, -0.2) is 0 Å². The average molecular weight is 495 g/mol. The fourth-order valence-corrected chi connectivity index (χ4v) is 5.90. The van der Waals surface area contributed by atoms with Crippen molar-refractivity contribution in [2.45, 2.75) is 59.5 Å². The molecule has 2 aromatic carbocycles. The van der Waals surface area contributed by atoms with Crippen LogP contribution in [-0.4, -0.2) is 14.7 Å². The summed E-state index contributed by atoms with van der Waals surface area (Å²) in [5.74, 6) is 0.482. The minimum absolute atomic E-state index is 0.0263. The molecule has 2 aromatic heterocycles. The van der Waals surface area contributed by atoms with E-state index >= 15 is 0 Å². The number of aromatic nitrogens is 2. The van der Waals surface area contributed by atoms with Gasteiger partial charge >= 0.3 is 0 Å². The Morgan fingerprint density at radius 1 is 0.889 bits per heavy atom. The van der Waals surface area contributed by atoms with Crippen LogP contribution in [0.1, 0.15) is 71.2 Å². The summed E-state index contributed by atoms with van der Waals surface area (Å²) in [7, 11) is 0. The molecular weight excluding hydrogens is 460 g/mol. The monoisotopic (exact) mass is 494 g/mol. The van der Waals surface area contributed by atoms with Gasteiger partial charge < -0.3 is 14.8 Å². The Bertz CT molecular complexity index is 1380. The number of nitrogens with one attached hydrogen (secondary N) is 1. The second-order valence-electron chi connectivity index (χ2n) is 10.1. The summed E-state index contributed by atoms with van der Waals surface area (Å²) in [5, 5.41) is 4.34. The first-order valence-electron chi connectivity index (χ1n) is 12.6. The number of anilines is 1. The van der Waals surface area contributed by atoms with Crippen LogP contribution in [0.25, 0.3) is 5.69 Å². The number of benzene rings is 2. The second-order valence-corrected chi connectivity index (χ2v) is 10.5. The lowest BCUT2D eigenvalue weighted by molar-refractivity contribution is 0.565. The van der Waals surface area contributed by atoms with E-state index in [0.717, 1.165) is 16.5 Å². The highest BCUT2D eigenvalue weighted by molar-refractivity contribution is 7.80. The highest BCUT2D eigenvalue weighted by Crippen LogP contribution is 2.44. The maximum atomic E-state index is 5.96. The van der Waals surface area contributed by atoms with E-state index < -0.39 is 0 Å². The van der Waals surface area contributed by atoms with Crippen molar-refractivity contribution in [1.29, 1.82) is 0 Å². The molecule has 3 heterocycles. The molecule has 2 atom stereocenters. The summed E-state index contributed by atoms with van der Waals surface area (Å²) in [6.07, 6.45) is 1.86. The maximum Gasteiger partial charge on any atom is 0.174 e. The highest BCUT2D eigenvalue weighted by atomic mass is 32.1. The number of aryl methyl sites for hydroxylation is 3. The van der Waals surface area contributed by atoms with Crippen molar-refractivity contribution >= 4 is 23.0 Å². The highest BCUT2D eigenvalue weighted by Gasteiger charge is 2.42. The normalized spacial score (nSPS) is 17.6. The molecule has 0 saturated carbocycles. The molecule has 4 nitrogen and oxygen atoms in total. The van der Waals surface area contributed by atoms with Crippen molar-refractivity contribution in [3.8, 4) is 5.69 Å². The Morgan fingerprint density at radius 3 is 2.19 bits per heavy atom. The summed E-state index contributed by atoms with van der Waals surface area (Å²) in [5.41, 5.74) is 10.9. The van der Waals surface area contributed by atoms with Crippen molar-refractivity contribution in [2.24, 2.45) is 0 Å². The zero-order chi connectivity index (χ0) is 25.6. The number of para-hydroxylation sites is 1. The molecule has 1 saturated heterocycles. The minimum atomic E-state index is -0.0598. The lowest BCUT2D eigenvalue weighted by Gasteiger charge is -2.28. The lowest BCUT2D eigenvalue weighted by atomic mass is 9.96. The van der Waals surface area contributed by atoms with E-state index in [1.807, 2.05) is 18.3 Å². The fraction of sp³-hybridized carbons (Fsp3) is 0.290. The third kappa shape index (κ3) is 4.11. The van der Waals surface area contributed by atoms with Crippen LogP contribution in [0.3, 0.4) is 0 Å². The number of pyridine rings is 1. The van der Waals surface area contributed by atoms with Crippen molar-refractivity contribution < 1.29 is 0 Å². The summed E-state index contributed by atoms with van der Waals surface area (Å²) in [6, 6.07) is 23.7. The maximum absolute atomic E-state index is 5.96. The van der Waals surface area contributed by atoms with Gasteiger partial charge in [0.05, 0.1) is 23.5 Å². The van der Waals surface area contributed by atoms with Crippen LogP contribution in [0.2, 0.25) is 0 Å². The molecule has 0 unspecified atom stereocenters. The van der Waals surface area contributed by atoms with Crippen LogP contribution >= 0.6 is 12.2 Å². The number of rotatable bonds is 5.